The van der Waals surface area contributed by atoms with Crippen molar-refractivity contribution in [2.24, 2.45) is 0 Å². The normalized spacial score (nSPS) is 10.3. The van der Waals surface area contributed by atoms with Crippen LogP contribution >= 0.6 is 0 Å². The molecule has 9 heteroatoms. The lowest BCUT2D eigenvalue weighted by Gasteiger charge is -2.07. The van der Waals surface area contributed by atoms with Gasteiger partial charge in [-0.25, -0.2) is 4.79 Å². The first kappa shape index (κ1) is 18.8. The summed E-state index contributed by atoms with van der Waals surface area (Å²) in [7, 11) is 1.28. The second-order valence-electron chi connectivity index (χ2n) is 5.81. The predicted octanol–water partition coefficient (Wildman–Crippen LogP) is 2.88. The SMILES string of the molecule is COC(=O)c1ccc(NC(=O)c2cc([N+](=O)[O-])nn2Cc2ccccc2)cc1. The van der Waals surface area contributed by atoms with E-state index in [0.717, 1.165) is 11.6 Å². The minimum absolute atomic E-state index is 0.0487. The number of ether oxygens (including phenoxy) is 1. The van der Waals surface area contributed by atoms with Crippen molar-refractivity contribution in [3.05, 3.63) is 87.6 Å². The van der Waals surface area contributed by atoms with Crippen LogP contribution in [0.5, 0.6) is 0 Å². The van der Waals surface area contributed by atoms with E-state index in [-0.39, 0.29) is 12.2 Å². The molecule has 1 N–H and O–H groups in total. The Balaban J connectivity index is 1.84. The van der Waals surface area contributed by atoms with Crippen molar-refractivity contribution in [2.45, 2.75) is 6.54 Å². The summed E-state index contributed by atoms with van der Waals surface area (Å²) in [5.41, 5.74) is 1.66. The zero-order chi connectivity index (χ0) is 20.1. The van der Waals surface area contributed by atoms with E-state index in [2.05, 4.69) is 15.2 Å². The summed E-state index contributed by atoms with van der Waals surface area (Å²) in [6, 6.07) is 16.4. The van der Waals surface area contributed by atoms with Gasteiger partial charge in [-0.2, -0.15) is 4.68 Å². The second kappa shape index (κ2) is 8.12. The highest BCUT2D eigenvalue weighted by atomic mass is 16.6. The third kappa shape index (κ3) is 4.21. The summed E-state index contributed by atoms with van der Waals surface area (Å²) in [5, 5.41) is 17.6. The average Bonchev–Trinajstić information content (AvgIpc) is 3.13. The molecule has 0 aliphatic rings. The minimum atomic E-state index is -0.649. The Hall–Kier alpha value is -4.01. The van der Waals surface area contributed by atoms with Gasteiger partial charge in [-0.3, -0.25) is 4.79 Å². The Morgan fingerprint density at radius 2 is 1.82 bits per heavy atom. The van der Waals surface area contributed by atoms with Crippen LogP contribution in [-0.4, -0.2) is 33.7 Å². The van der Waals surface area contributed by atoms with Gasteiger partial charge in [0.1, 0.15) is 0 Å². The highest BCUT2D eigenvalue weighted by molar-refractivity contribution is 6.03. The molecule has 0 spiro atoms. The summed E-state index contributed by atoms with van der Waals surface area (Å²) in [5.74, 6) is -1.46. The Morgan fingerprint density at radius 1 is 1.14 bits per heavy atom. The van der Waals surface area contributed by atoms with E-state index >= 15 is 0 Å². The maximum Gasteiger partial charge on any atom is 0.390 e. The number of nitrogens with zero attached hydrogens (tertiary/aromatic N) is 3. The molecule has 28 heavy (non-hydrogen) atoms. The quantitative estimate of drug-likeness (QED) is 0.399. The van der Waals surface area contributed by atoms with Crippen molar-refractivity contribution in [1.82, 2.24) is 9.78 Å². The van der Waals surface area contributed by atoms with Crippen LogP contribution in [0.4, 0.5) is 11.5 Å². The molecule has 0 fully saturated rings. The van der Waals surface area contributed by atoms with Crippen molar-refractivity contribution < 1.29 is 19.2 Å². The van der Waals surface area contributed by atoms with Crippen LogP contribution in [0, 0.1) is 10.1 Å². The number of methoxy groups -OCH3 is 1. The minimum Gasteiger partial charge on any atom is -0.465 e. The highest BCUT2D eigenvalue weighted by Gasteiger charge is 2.23. The first-order chi connectivity index (χ1) is 13.5. The lowest BCUT2D eigenvalue weighted by Crippen LogP contribution is -2.18. The largest absolute Gasteiger partial charge is 0.465 e. The Morgan fingerprint density at radius 3 is 2.43 bits per heavy atom. The monoisotopic (exact) mass is 380 g/mol. The van der Waals surface area contributed by atoms with Gasteiger partial charge in [-0.05, 0) is 34.8 Å². The Bertz CT molecular complexity index is 1010. The molecule has 0 unspecified atom stereocenters. The molecule has 142 valence electrons. The molecule has 1 aromatic heterocycles. The fraction of sp³-hybridized carbons (Fsp3) is 0.105. The van der Waals surface area contributed by atoms with Crippen LogP contribution in [-0.2, 0) is 11.3 Å². The molecule has 9 nitrogen and oxygen atoms in total. The van der Waals surface area contributed by atoms with Gasteiger partial charge >= 0.3 is 11.8 Å². The second-order valence-corrected chi connectivity index (χ2v) is 5.81. The lowest BCUT2D eigenvalue weighted by molar-refractivity contribution is -0.389. The number of rotatable bonds is 6. The fourth-order valence-corrected chi connectivity index (χ4v) is 2.55. The summed E-state index contributed by atoms with van der Waals surface area (Å²) < 4.78 is 5.91. The van der Waals surface area contributed by atoms with E-state index in [0.29, 0.717) is 11.3 Å². The molecule has 0 atom stereocenters. The predicted molar refractivity (Wildman–Crippen MR) is 100 cm³/mol. The molecule has 2 aromatic carbocycles. The van der Waals surface area contributed by atoms with E-state index in [1.807, 2.05) is 30.3 Å². The topological polar surface area (TPSA) is 116 Å². The molecule has 0 radical (unpaired) electrons. The van der Waals surface area contributed by atoms with E-state index in [1.54, 1.807) is 0 Å². The van der Waals surface area contributed by atoms with E-state index in [4.69, 9.17) is 0 Å². The smallest absolute Gasteiger partial charge is 0.390 e. The molecular weight excluding hydrogens is 364 g/mol. The standard InChI is InChI=1S/C19H16N4O5/c1-28-19(25)14-7-9-15(10-8-14)20-18(24)16-11-17(23(26)27)21-22(16)12-13-5-3-2-4-6-13/h2-11H,12H2,1H3,(H,20,24). The van der Waals surface area contributed by atoms with Crippen molar-refractivity contribution in [3.63, 3.8) is 0 Å². The zero-order valence-electron chi connectivity index (χ0n) is 14.9. The molecular formula is C19H16N4O5. The number of hydrogen-bond acceptors (Lipinski definition) is 6. The average molecular weight is 380 g/mol. The van der Waals surface area contributed by atoms with Gasteiger partial charge < -0.3 is 20.2 Å². The first-order valence-corrected chi connectivity index (χ1v) is 8.24. The maximum absolute atomic E-state index is 12.6. The van der Waals surface area contributed by atoms with Gasteiger partial charge in [0.25, 0.3) is 5.91 Å². The summed E-state index contributed by atoms with van der Waals surface area (Å²) >= 11 is 0. The van der Waals surface area contributed by atoms with Crippen molar-refractivity contribution >= 4 is 23.4 Å². The van der Waals surface area contributed by atoms with Crippen molar-refractivity contribution in [2.75, 3.05) is 12.4 Å². The van der Waals surface area contributed by atoms with Gasteiger partial charge in [0, 0.05) is 5.69 Å². The molecule has 0 saturated carbocycles. The number of aromatic nitrogens is 2. The van der Waals surface area contributed by atoms with Crippen LogP contribution in [0.15, 0.2) is 60.7 Å². The number of esters is 1. The van der Waals surface area contributed by atoms with Crippen LogP contribution in [0.2, 0.25) is 0 Å². The van der Waals surface area contributed by atoms with Crippen LogP contribution in [0.25, 0.3) is 0 Å². The van der Waals surface area contributed by atoms with Gasteiger partial charge in [0.05, 0.1) is 30.4 Å². The lowest BCUT2D eigenvalue weighted by atomic mass is 10.2. The highest BCUT2D eigenvalue weighted by Crippen LogP contribution is 2.17. The van der Waals surface area contributed by atoms with Gasteiger partial charge in [-0.1, -0.05) is 30.3 Å². The summed E-state index contributed by atoms with van der Waals surface area (Å²) in [6.45, 7) is 0.207. The first-order valence-electron chi connectivity index (χ1n) is 8.24. The van der Waals surface area contributed by atoms with Crippen LogP contribution in [0.3, 0.4) is 0 Å². The number of nitro groups is 1. The van der Waals surface area contributed by atoms with E-state index in [1.165, 1.54) is 36.1 Å². The fourth-order valence-electron chi connectivity index (χ4n) is 2.55. The number of carbonyl (C=O) groups is 2. The molecule has 0 saturated heterocycles. The van der Waals surface area contributed by atoms with Crippen molar-refractivity contribution in [1.29, 1.82) is 0 Å². The van der Waals surface area contributed by atoms with Crippen molar-refractivity contribution in [3.8, 4) is 0 Å². The van der Waals surface area contributed by atoms with Gasteiger partial charge in [0.15, 0.2) is 5.69 Å². The van der Waals surface area contributed by atoms with Crippen LogP contribution < -0.4 is 5.32 Å². The molecule has 3 rings (SSSR count). The molecule has 0 aliphatic carbocycles. The Labute approximate surface area is 159 Å². The summed E-state index contributed by atoms with van der Waals surface area (Å²) in [6.07, 6.45) is 0. The third-order valence-electron chi connectivity index (χ3n) is 3.93. The number of benzene rings is 2. The van der Waals surface area contributed by atoms with Crippen LogP contribution in [0.1, 0.15) is 26.4 Å². The van der Waals surface area contributed by atoms with Gasteiger partial charge in [-0.15, -0.1) is 0 Å². The summed E-state index contributed by atoms with van der Waals surface area (Å²) in [4.78, 5) is 34.6. The molecule has 1 heterocycles. The van der Waals surface area contributed by atoms with E-state index < -0.39 is 22.6 Å². The number of carbonyl (C=O) groups excluding carboxylic acids is 2. The van der Waals surface area contributed by atoms with Gasteiger partial charge in [0.2, 0.25) is 0 Å². The third-order valence-corrected chi connectivity index (χ3v) is 3.93. The number of anilines is 1. The molecule has 0 aliphatic heterocycles. The van der Waals surface area contributed by atoms with E-state index in [9.17, 15) is 19.7 Å². The number of nitrogens with one attached hydrogen (secondary N) is 1. The molecule has 3 aromatic rings. The number of hydrogen-bond donors (Lipinski definition) is 1. The maximum atomic E-state index is 12.6. The zero-order valence-corrected chi connectivity index (χ0v) is 14.9. The Kier molecular flexibility index (Phi) is 5.45. The molecule has 0 bridgehead atoms. The number of amides is 1. The molecule has 1 amide bonds.